The summed E-state index contributed by atoms with van der Waals surface area (Å²) in [5.74, 6) is 0.722. The van der Waals surface area contributed by atoms with E-state index in [4.69, 9.17) is 40.2 Å². The molecule has 0 saturated heterocycles. The Kier molecular flexibility index (Phi) is 7.31. The molecule has 0 aliphatic rings. The standard InChI is InChI=1S/C17H17Cl2N3OS/c1-2-20-17(24)22-21-10-12-4-3-5-15(8-12)23-11-13-6-7-14(18)9-16(13)19/h3-10H,2,11H2,1H3,(H2,20,22,24)/b21-10-. The summed E-state index contributed by atoms with van der Waals surface area (Å²) in [7, 11) is 0. The van der Waals surface area contributed by atoms with E-state index >= 15 is 0 Å². The number of nitrogens with one attached hydrogen (secondary N) is 2. The molecule has 0 aliphatic carbocycles. The number of hydrogen-bond acceptors (Lipinski definition) is 3. The van der Waals surface area contributed by atoms with Crippen LogP contribution in [-0.2, 0) is 6.61 Å². The quantitative estimate of drug-likeness (QED) is 0.442. The first-order valence-electron chi connectivity index (χ1n) is 7.32. The van der Waals surface area contributed by atoms with E-state index < -0.39 is 0 Å². The van der Waals surface area contributed by atoms with Crippen molar-refractivity contribution in [3.8, 4) is 5.75 Å². The predicted molar refractivity (Wildman–Crippen MR) is 104 cm³/mol. The number of halogens is 2. The summed E-state index contributed by atoms with van der Waals surface area (Å²) >= 11 is 17.1. The van der Waals surface area contributed by atoms with Gasteiger partial charge in [0.05, 0.1) is 6.21 Å². The molecule has 0 bridgehead atoms. The van der Waals surface area contributed by atoms with Gasteiger partial charge in [0, 0.05) is 22.2 Å². The highest BCUT2D eigenvalue weighted by atomic mass is 35.5. The summed E-state index contributed by atoms with van der Waals surface area (Å²) in [5, 5.41) is 8.70. The maximum absolute atomic E-state index is 6.14. The molecule has 0 radical (unpaired) electrons. The molecule has 4 nitrogen and oxygen atoms in total. The van der Waals surface area contributed by atoms with Crippen LogP contribution in [0, 0.1) is 0 Å². The second kappa shape index (κ2) is 9.47. The largest absolute Gasteiger partial charge is 0.489 e. The highest BCUT2D eigenvalue weighted by Crippen LogP contribution is 2.22. The van der Waals surface area contributed by atoms with Gasteiger partial charge >= 0.3 is 0 Å². The molecule has 24 heavy (non-hydrogen) atoms. The maximum atomic E-state index is 6.14. The summed E-state index contributed by atoms with van der Waals surface area (Å²) in [6.07, 6.45) is 1.67. The Hall–Kier alpha value is -1.82. The Morgan fingerprint density at radius 3 is 2.83 bits per heavy atom. The molecule has 0 spiro atoms. The van der Waals surface area contributed by atoms with Crippen LogP contribution in [0.3, 0.4) is 0 Å². The van der Waals surface area contributed by atoms with E-state index in [-0.39, 0.29) is 0 Å². The van der Waals surface area contributed by atoms with Crippen molar-refractivity contribution in [1.82, 2.24) is 10.7 Å². The van der Waals surface area contributed by atoms with Crippen molar-refractivity contribution >= 4 is 46.7 Å². The van der Waals surface area contributed by atoms with Gasteiger partial charge in [-0.15, -0.1) is 0 Å². The van der Waals surface area contributed by atoms with Crippen LogP contribution in [0.15, 0.2) is 47.6 Å². The summed E-state index contributed by atoms with van der Waals surface area (Å²) in [5.41, 5.74) is 4.50. The molecule has 7 heteroatoms. The number of rotatable bonds is 6. The molecule has 2 aromatic carbocycles. The monoisotopic (exact) mass is 381 g/mol. The summed E-state index contributed by atoms with van der Waals surface area (Å²) in [4.78, 5) is 0. The molecule has 0 amide bonds. The van der Waals surface area contributed by atoms with Gasteiger partial charge in [0.2, 0.25) is 0 Å². The Labute approximate surface area is 156 Å². The van der Waals surface area contributed by atoms with Crippen LogP contribution >= 0.6 is 35.4 Å². The van der Waals surface area contributed by atoms with Crippen LogP contribution in [0.4, 0.5) is 0 Å². The Morgan fingerprint density at radius 1 is 1.25 bits per heavy atom. The zero-order valence-corrected chi connectivity index (χ0v) is 15.4. The normalized spacial score (nSPS) is 10.6. The topological polar surface area (TPSA) is 45.7 Å². The number of benzene rings is 2. The first kappa shape index (κ1) is 18.5. The third-order valence-corrected chi connectivity index (χ3v) is 3.81. The molecule has 0 heterocycles. The van der Waals surface area contributed by atoms with Gasteiger partial charge in [-0.1, -0.05) is 41.4 Å². The Balaban J connectivity index is 1.95. The van der Waals surface area contributed by atoms with Gasteiger partial charge in [-0.25, -0.2) is 0 Å². The molecule has 2 N–H and O–H groups in total. The summed E-state index contributed by atoms with van der Waals surface area (Å²) in [6, 6.07) is 12.9. The fourth-order valence-electron chi connectivity index (χ4n) is 1.85. The average molecular weight is 382 g/mol. The first-order chi connectivity index (χ1) is 11.6. The van der Waals surface area contributed by atoms with Crippen molar-refractivity contribution in [2.45, 2.75) is 13.5 Å². The van der Waals surface area contributed by atoms with Crippen molar-refractivity contribution in [2.75, 3.05) is 6.54 Å². The molecular weight excluding hydrogens is 365 g/mol. The number of ether oxygens (including phenoxy) is 1. The molecule has 2 aromatic rings. The summed E-state index contributed by atoms with van der Waals surface area (Å²) in [6.45, 7) is 3.07. The smallest absolute Gasteiger partial charge is 0.186 e. The van der Waals surface area contributed by atoms with Crippen molar-refractivity contribution in [1.29, 1.82) is 0 Å². The third kappa shape index (κ3) is 6.00. The highest BCUT2D eigenvalue weighted by Gasteiger charge is 2.03. The van der Waals surface area contributed by atoms with Crippen LogP contribution in [0.2, 0.25) is 10.0 Å². The van der Waals surface area contributed by atoms with Gasteiger partial charge in [-0.3, -0.25) is 5.43 Å². The van der Waals surface area contributed by atoms with E-state index in [1.165, 1.54) is 0 Å². The lowest BCUT2D eigenvalue weighted by atomic mass is 10.2. The van der Waals surface area contributed by atoms with E-state index in [9.17, 15) is 0 Å². The molecule has 2 rings (SSSR count). The van der Waals surface area contributed by atoms with Crippen LogP contribution in [0.25, 0.3) is 0 Å². The molecule has 0 unspecified atom stereocenters. The second-order valence-electron chi connectivity index (χ2n) is 4.83. The van der Waals surface area contributed by atoms with E-state index in [2.05, 4.69) is 15.8 Å². The lowest BCUT2D eigenvalue weighted by molar-refractivity contribution is 0.306. The minimum atomic E-state index is 0.360. The first-order valence-corrected chi connectivity index (χ1v) is 8.48. The van der Waals surface area contributed by atoms with E-state index in [1.54, 1.807) is 18.3 Å². The van der Waals surface area contributed by atoms with Crippen molar-refractivity contribution < 1.29 is 4.74 Å². The predicted octanol–water partition coefficient (Wildman–Crippen LogP) is 4.39. The maximum Gasteiger partial charge on any atom is 0.186 e. The van der Waals surface area contributed by atoms with Gasteiger partial charge in [0.15, 0.2) is 5.11 Å². The average Bonchev–Trinajstić information content (AvgIpc) is 2.55. The number of thiocarbonyl (C=S) groups is 1. The van der Waals surface area contributed by atoms with Crippen LogP contribution in [0.5, 0.6) is 5.75 Å². The van der Waals surface area contributed by atoms with Crippen molar-refractivity contribution in [2.24, 2.45) is 5.10 Å². The summed E-state index contributed by atoms with van der Waals surface area (Å²) < 4.78 is 5.77. The van der Waals surface area contributed by atoms with Crippen LogP contribution < -0.4 is 15.5 Å². The lowest BCUT2D eigenvalue weighted by Gasteiger charge is -2.08. The fourth-order valence-corrected chi connectivity index (χ4v) is 2.51. The van der Waals surface area contributed by atoms with Gasteiger partial charge in [0.25, 0.3) is 0 Å². The number of nitrogens with zero attached hydrogens (tertiary/aromatic N) is 1. The molecule has 0 fully saturated rings. The van der Waals surface area contributed by atoms with Gasteiger partial charge in [-0.2, -0.15) is 5.10 Å². The zero-order chi connectivity index (χ0) is 17.4. The fraction of sp³-hybridized carbons (Fsp3) is 0.176. The van der Waals surface area contributed by atoms with Crippen molar-refractivity contribution in [3.05, 3.63) is 63.6 Å². The van der Waals surface area contributed by atoms with E-state index in [0.29, 0.717) is 21.8 Å². The Morgan fingerprint density at radius 2 is 2.08 bits per heavy atom. The second-order valence-corrected chi connectivity index (χ2v) is 6.08. The van der Waals surface area contributed by atoms with Gasteiger partial charge in [-0.05, 0) is 49.0 Å². The lowest BCUT2D eigenvalue weighted by Crippen LogP contribution is -2.31. The van der Waals surface area contributed by atoms with E-state index in [1.807, 2.05) is 37.3 Å². The van der Waals surface area contributed by atoms with Crippen molar-refractivity contribution in [3.63, 3.8) is 0 Å². The van der Waals surface area contributed by atoms with E-state index in [0.717, 1.165) is 23.4 Å². The van der Waals surface area contributed by atoms with Gasteiger partial charge in [0.1, 0.15) is 12.4 Å². The Bertz CT molecular complexity index is 738. The van der Waals surface area contributed by atoms with Crippen LogP contribution in [0.1, 0.15) is 18.1 Å². The minimum absolute atomic E-state index is 0.360. The number of hydrazone groups is 1. The minimum Gasteiger partial charge on any atom is -0.489 e. The van der Waals surface area contributed by atoms with Gasteiger partial charge < -0.3 is 10.1 Å². The number of hydrogen-bond donors (Lipinski definition) is 2. The van der Waals surface area contributed by atoms with Crippen LogP contribution in [-0.4, -0.2) is 17.9 Å². The SMILES string of the molecule is CCNC(=S)N/N=C\c1cccc(OCc2ccc(Cl)cc2Cl)c1. The molecule has 0 atom stereocenters. The molecule has 0 saturated carbocycles. The highest BCUT2D eigenvalue weighted by molar-refractivity contribution is 7.80. The third-order valence-electron chi connectivity index (χ3n) is 2.98. The molecule has 0 aromatic heterocycles. The molecule has 126 valence electrons. The molecular formula is C17H17Cl2N3OS. The molecule has 0 aliphatic heterocycles. The zero-order valence-electron chi connectivity index (χ0n) is 13.1.